The van der Waals surface area contributed by atoms with Crippen LogP contribution in [0.2, 0.25) is 0 Å². The van der Waals surface area contributed by atoms with E-state index in [1.54, 1.807) is 38.1 Å². The van der Waals surface area contributed by atoms with Crippen LogP contribution in [0.1, 0.15) is 27.7 Å². The summed E-state index contributed by atoms with van der Waals surface area (Å²) in [5, 5.41) is 16.2. The Hall–Kier alpha value is -2.20. The van der Waals surface area contributed by atoms with Crippen LogP contribution in [-0.2, 0) is 23.8 Å². The van der Waals surface area contributed by atoms with Crippen LogP contribution >= 0.6 is 0 Å². The van der Waals surface area contributed by atoms with Crippen LogP contribution < -0.4 is 15.4 Å². The van der Waals surface area contributed by atoms with Crippen LogP contribution in [-0.4, -0.2) is 60.0 Å². The van der Waals surface area contributed by atoms with Gasteiger partial charge >= 0.3 is 0 Å². The first-order chi connectivity index (χ1) is 13.1. The Kier molecular flexibility index (Phi) is 5.90. The third-order valence-corrected chi connectivity index (χ3v) is 4.49. The molecule has 5 atom stereocenters. The third kappa shape index (κ3) is 4.79. The molecular formula is C19H26N2O7. The van der Waals surface area contributed by atoms with Crippen LogP contribution in [0.15, 0.2) is 24.3 Å². The van der Waals surface area contributed by atoms with Crippen LogP contribution in [0.25, 0.3) is 0 Å². The van der Waals surface area contributed by atoms with Gasteiger partial charge in [0, 0.05) is 19.5 Å². The lowest BCUT2D eigenvalue weighted by atomic mass is 9.95. The maximum atomic E-state index is 11.7. The second-order valence-corrected chi connectivity index (χ2v) is 7.38. The molecule has 9 nitrogen and oxygen atoms in total. The zero-order valence-electron chi connectivity index (χ0n) is 16.3. The normalized spacial score (nSPS) is 31.4. The van der Waals surface area contributed by atoms with Crippen molar-refractivity contribution in [2.45, 2.75) is 64.1 Å². The van der Waals surface area contributed by atoms with E-state index in [1.807, 2.05) is 0 Å². The minimum absolute atomic E-state index is 0.176. The van der Waals surface area contributed by atoms with Gasteiger partial charge < -0.3 is 34.7 Å². The summed E-state index contributed by atoms with van der Waals surface area (Å²) in [5.41, 5.74) is 0.624. The van der Waals surface area contributed by atoms with Crippen LogP contribution in [0.5, 0.6) is 5.75 Å². The molecule has 3 rings (SSSR count). The Bertz CT molecular complexity index is 721. The molecule has 0 aromatic heterocycles. The molecule has 2 heterocycles. The molecule has 0 spiro atoms. The van der Waals surface area contributed by atoms with Gasteiger partial charge in [-0.15, -0.1) is 0 Å². The van der Waals surface area contributed by atoms with Gasteiger partial charge in [-0.25, -0.2) is 0 Å². The van der Waals surface area contributed by atoms with Crippen molar-refractivity contribution in [3.05, 3.63) is 24.3 Å². The number of rotatable bonds is 4. The summed E-state index contributed by atoms with van der Waals surface area (Å²) in [6, 6.07) is 5.86. The molecule has 3 N–H and O–H groups in total. The average molecular weight is 394 g/mol. The second-order valence-electron chi connectivity index (χ2n) is 7.38. The minimum Gasteiger partial charge on any atom is -0.463 e. The largest absolute Gasteiger partial charge is 0.463 e. The zero-order chi connectivity index (χ0) is 20.5. The molecular weight excluding hydrogens is 368 g/mol. The van der Waals surface area contributed by atoms with Crippen LogP contribution in [0.3, 0.4) is 0 Å². The van der Waals surface area contributed by atoms with Crippen LogP contribution in [0.4, 0.5) is 5.69 Å². The predicted molar refractivity (Wildman–Crippen MR) is 98.6 cm³/mol. The lowest BCUT2D eigenvalue weighted by molar-refractivity contribution is -0.361. The molecule has 0 radical (unpaired) electrons. The van der Waals surface area contributed by atoms with Gasteiger partial charge in [-0.1, -0.05) is 0 Å². The molecule has 154 valence electrons. The minimum atomic E-state index is -1.05. The summed E-state index contributed by atoms with van der Waals surface area (Å²) < 4.78 is 23.2. The topological polar surface area (TPSA) is 115 Å². The van der Waals surface area contributed by atoms with Gasteiger partial charge in [0.15, 0.2) is 5.79 Å². The molecule has 0 bridgehead atoms. The van der Waals surface area contributed by atoms with E-state index in [9.17, 15) is 14.7 Å². The quantitative estimate of drug-likeness (QED) is 0.691. The van der Waals surface area contributed by atoms with Gasteiger partial charge in [0.2, 0.25) is 18.1 Å². The standard InChI is InChI=1S/C19H26N2O7/c1-10(22)20-12-5-7-13(8-6-12)26-18-15(21-11(2)23)16(24)17-14(27-18)9-25-19(3,4)28-17/h5-8,14-18,24H,9H2,1-4H3,(H,20,22)(H,21,23)/t14-,15+,16-,17-,18-/m0/s1. The van der Waals surface area contributed by atoms with Gasteiger partial charge in [-0.2, -0.15) is 0 Å². The fourth-order valence-electron chi connectivity index (χ4n) is 3.29. The molecule has 1 aromatic rings. The molecule has 9 heteroatoms. The first-order valence-corrected chi connectivity index (χ1v) is 9.11. The first-order valence-electron chi connectivity index (χ1n) is 9.11. The van der Waals surface area contributed by atoms with Crippen molar-refractivity contribution in [3.63, 3.8) is 0 Å². The van der Waals surface area contributed by atoms with E-state index >= 15 is 0 Å². The van der Waals surface area contributed by atoms with E-state index in [0.717, 1.165) is 0 Å². The van der Waals surface area contributed by atoms with E-state index in [-0.39, 0.29) is 18.4 Å². The Balaban J connectivity index is 1.76. The number of nitrogens with one attached hydrogen (secondary N) is 2. The molecule has 2 saturated heterocycles. The summed E-state index contributed by atoms with van der Waals surface area (Å²) in [6.07, 6.45) is -3.20. The summed E-state index contributed by atoms with van der Waals surface area (Å²) >= 11 is 0. The van der Waals surface area contributed by atoms with Crippen LogP contribution in [0, 0.1) is 0 Å². The highest BCUT2D eigenvalue weighted by Gasteiger charge is 2.52. The molecule has 2 amide bonds. The number of hydrogen-bond donors (Lipinski definition) is 3. The van der Waals surface area contributed by atoms with Gasteiger partial charge in [-0.3, -0.25) is 9.59 Å². The van der Waals surface area contributed by atoms with Gasteiger partial charge in [0.25, 0.3) is 0 Å². The van der Waals surface area contributed by atoms with Crippen molar-refractivity contribution < 1.29 is 33.6 Å². The van der Waals surface area contributed by atoms with E-state index in [1.165, 1.54) is 13.8 Å². The van der Waals surface area contributed by atoms with Crippen molar-refractivity contribution in [3.8, 4) is 5.75 Å². The number of amides is 2. The van der Waals surface area contributed by atoms with Gasteiger partial charge in [0.05, 0.1) is 6.61 Å². The van der Waals surface area contributed by atoms with Gasteiger partial charge in [0.1, 0.15) is 30.1 Å². The van der Waals surface area contributed by atoms with E-state index in [2.05, 4.69) is 10.6 Å². The van der Waals surface area contributed by atoms with E-state index in [4.69, 9.17) is 18.9 Å². The fraction of sp³-hybridized carbons (Fsp3) is 0.579. The highest BCUT2D eigenvalue weighted by Crippen LogP contribution is 2.33. The summed E-state index contributed by atoms with van der Waals surface area (Å²) in [7, 11) is 0. The highest BCUT2D eigenvalue weighted by molar-refractivity contribution is 5.88. The second kappa shape index (κ2) is 8.04. The Morgan fingerprint density at radius 2 is 1.86 bits per heavy atom. The molecule has 0 unspecified atom stereocenters. The first kappa shape index (κ1) is 20.5. The molecule has 0 saturated carbocycles. The summed E-state index contributed by atoms with van der Waals surface area (Å²) in [6.45, 7) is 6.51. The third-order valence-electron chi connectivity index (χ3n) is 4.49. The Morgan fingerprint density at radius 3 is 2.46 bits per heavy atom. The number of carbonyl (C=O) groups is 2. The smallest absolute Gasteiger partial charge is 0.223 e. The maximum Gasteiger partial charge on any atom is 0.223 e. The van der Waals surface area contributed by atoms with Crippen molar-refractivity contribution in [2.24, 2.45) is 0 Å². The predicted octanol–water partition coefficient (Wildman–Crippen LogP) is 0.766. The van der Waals surface area contributed by atoms with E-state index in [0.29, 0.717) is 11.4 Å². The number of fused-ring (bicyclic) bond motifs is 1. The SMILES string of the molecule is CC(=O)Nc1ccc(O[C@H]2O[C@H]3COC(C)(C)O[C@@H]3[C@@H](O)[C@H]2NC(C)=O)cc1. The zero-order valence-corrected chi connectivity index (χ0v) is 16.3. The molecule has 28 heavy (non-hydrogen) atoms. The fourth-order valence-corrected chi connectivity index (χ4v) is 3.29. The monoisotopic (exact) mass is 394 g/mol. The lowest BCUT2D eigenvalue weighted by Crippen LogP contribution is -2.69. The molecule has 1 aromatic carbocycles. The molecule has 0 aliphatic carbocycles. The number of carbonyl (C=O) groups excluding carboxylic acids is 2. The Labute approximate surface area is 163 Å². The molecule has 2 aliphatic heterocycles. The number of ether oxygens (including phenoxy) is 4. The number of hydrogen-bond acceptors (Lipinski definition) is 7. The Morgan fingerprint density at radius 1 is 1.18 bits per heavy atom. The van der Waals surface area contributed by atoms with Crippen molar-refractivity contribution in [1.29, 1.82) is 0 Å². The molecule has 2 fully saturated rings. The van der Waals surface area contributed by atoms with Crippen molar-refractivity contribution in [1.82, 2.24) is 5.32 Å². The number of anilines is 1. The van der Waals surface area contributed by atoms with Gasteiger partial charge in [-0.05, 0) is 38.1 Å². The summed E-state index contributed by atoms with van der Waals surface area (Å²) in [4.78, 5) is 22.8. The number of benzene rings is 1. The summed E-state index contributed by atoms with van der Waals surface area (Å²) in [5.74, 6) is -0.908. The average Bonchev–Trinajstić information content (AvgIpc) is 2.60. The lowest BCUT2D eigenvalue weighted by Gasteiger charge is -2.49. The number of aliphatic hydroxyl groups excluding tert-OH is 1. The highest BCUT2D eigenvalue weighted by atomic mass is 16.8. The maximum absolute atomic E-state index is 11.7. The van der Waals surface area contributed by atoms with Crippen molar-refractivity contribution in [2.75, 3.05) is 11.9 Å². The van der Waals surface area contributed by atoms with Crippen molar-refractivity contribution >= 4 is 17.5 Å². The number of aliphatic hydroxyl groups is 1. The molecule has 2 aliphatic rings. The van der Waals surface area contributed by atoms with E-state index < -0.39 is 36.4 Å².